The van der Waals surface area contributed by atoms with Crippen molar-refractivity contribution in [2.75, 3.05) is 32.1 Å². The van der Waals surface area contributed by atoms with E-state index in [-0.39, 0.29) is 42.2 Å². The number of rotatable bonds is 6. The van der Waals surface area contributed by atoms with Crippen LogP contribution in [0, 0.1) is 0 Å². The number of alkyl halides is 4. The number of amides is 1. The summed E-state index contributed by atoms with van der Waals surface area (Å²) in [6.07, 6.45) is -9.49. The number of anilines is 1. The van der Waals surface area contributed by atoms with Gasteiger partial charge in [-0.1, -0.05) is 12.1 Å². The van der Waals surface area contributed by atoms with Crippen molar-refractivity contribution in [3.05, 3.63) is 41.1 Å². The Morgan fingerprint density at radius 3 is 2.50 bits per heavy atom. The molecule has 30 heavy (non-hydrogen) atoms. The molecule has 1 amide bonds. The third kappa shape index (κ3) is 4.14. The second-order valence-corrected chi connectivity index (χ2v) is 7.23. The first-order chi connectivity index (χ1) is 14.3. The number of carbonyl (C=O) groups excluding carboxylic acids is 2. The van der Waals surface area contributed by atoms with Crippen molar-refractivity contribution in [3.63, 3.8) is 0 Å². The maximum Gasteiger partial charge on any atom is 0.337 e. The van der Waals surface area contributed by atoms with Crippen LogP contribution in [0.15, 0.2) is 35.5 Å². The van der Waals surface area contributed by atoms with E-state index in [9.17, 15) is 27.2 Å². The molecule has 1 aromatic carbocycles. The first kappa shape index (κ1) is 22.1. The largest absolute Gasteiger partial charge is 0.466 e. The first-order valence-corrected chi connectivity index (χ1v) is 9.43. The predicted molar refractivity (Wildman–Crippen MR) is 99.7 cm³/mol. The number of halogens is 4. The maximum atomic E-state index is 14.3. The molecule has 4 unspecified atom stereocenters. The molecular formula is C20H22F4N2O4. The van der Waals surface area contributed by atoms with E-state index in [1.54, 1.807) is 0 Å². The second-order valence-electron chi connectivity index (χ2n) is 7.23. The quantitative estimate of drug-likeness (QED) is 0.535. The van der Waals surface area contributed by atoms with Gasteiger partial charge < -0.3 is 20.1 Å². The predicted octanol–water partition coefficient (Wildman–Crippen LogP) is 2.20. The number of ether oxygens (including phenoxy) is 1. The highest BCUT2D eigenvalue weighted by Gasteiger charge is 2.47. The number of aliphatic hydroxyl groups is 1. The van der Waals surface area contributed by atoms with Gasteiger partial charge in [0.15, 0.2) is 0 Å². The fraction of sp³-hybridized carbons (Fsp3) is 0.500. The summed E-state index contributed by atoms with van der Waals surface area (Å²) >= 11 is 0. The van der Waals surface area contributed by atoms with Gasteiger partial charge in [-0.3, -0.25) is 4.79 Å². The van der Waals surface area contributed by atoms with E-state index in [1.807, 2.05) is 0 Å². The molecular weight excluding hydrogens is 408 g/mol. The number of hydrogen-bond donors (Lipinski definition) is 2. The molecule has 1 aromatic rings. The van der Waals surface area contributed by atoms with Crippen LogP contribution >= 0.6 is 0 Å². The van der Waals surface area contributed by atoms with E-state index >= 15 is 0 Å². The van der Waals surface area contributed by atoms with E-state index in [4.69, 9.17) is 5.11 Å². The van der Waals surface area contributed by atoms with E-state index in [0.717, 1.165) is 7.11 Å². The minimum absolute atomic E-state index is 0.00450. The van der Waals surface area contributed by atoms with Crippen molar-refractivity contribution < 1.29 is 37.0 Å². The number of aliphatic hydroxyl groups excluding tert-OH is 1. The third-order valence-electron chi connectivity index (χ3n) is 5.32. The summed E-state index contributed by atoms with van der Waals surface area (Å²) in [7, 11) is 1.15. The highest BCUT2D eigenvalue weighted by atomic mass is 19.2. The van der Waals surface area contributed by atoms with Gasteiger partial charge in [-0.2, -0.15) is 0 Å². The molecule has 6 nitrogen and oxygen atoms in total. The summed E-state index contributed by atoms with van der Waals surface area (Å²) in [6, 6.07) is 5.55. The van der Waals surface area contributed by atoms with Gasteiger partial charge in [0.2, 0.25) is 0 Å². The van der Waals surface area contributed by atoms with Gasteiger partial charge in [-0.25, -0.2) is 22.4 Å². The lowest BCUT2D eigenvalue weighted by Crippen LogP contribution is -2.43. The molecule has 1 saturated carbocycles. The molecule has 4 atom stereocenters. The van der Waals surface area contributed by atoms with Crippen molar-refractivity contribution in [2.45, 2.75) is 37.0 Å². The smallest absolute Gasteiger partial charge is 0.337 e. The van der Waals surface area contributed by atoms with Gasteiger partial charge >= 0.3 is 5.97 Å². The Kier molecular flexibility index (Phi) is 6.64. The molecule has 0 saturated heterocycles. The molecule has 0 spiro atoms. The molecule has 2 N–H and O–H groups in total. The third-order valence-corrected chi connectivity index (χ3v) is 5.32. The summed E-state index contributed by atoms with van der Waals surface area (Å²) in [6.45, 7) is -0.395. The van der Waals surface area contributed by atoms with Crippen molar-refractivity contribution >= 4 is 17.6 Å². The summed E-state index contributed by atoms with van der Waals surface area (Å²) in [5.74, 6) is -2.94. The molecule has 1 heterocycles. The molecule has 10 heteroatoms. The Morgan fingerprint density at radius 1 is 1.23 bits per heavy atom. The summed E-state index contributed by atoms with van der Waals surface area (Å²) in [5.41, 5.74) is 0.164. The van der Waals surface area contributed by atoms with Crippen LogP contribution in [0.2, 0.25) is 0 Å². The zero-order valence-corrected chi connectivity index (χ0v) is 16.2. The van der Waals surface area contributed by atoms with Gasteiger partial charge in [-0.05, 0) is 17.7 Å². The number of esters is 1. The number of nitrogens with one attached hydrogen (secondary N) is 1. The van der Waals surface area contributed by atoms with Gasteiger partial charge in [-0.15, -0.1) is 0 Å². The highest BCUT2D eigenvalue weighted by Crippen LogP contribution is 2.41. The molecule has 0 aromatic heterocycles. The Hall–Kier alpha value is -2.62. The fourth-order valence-corrected chi connectivity index (χ4v) is 3.79. The van der Waals surface area contributed by atoms with Crippen LogP contribution in [0.5, 0.6) is 0 Å². The van der Waals surface area contributed by atoms with Crippen LogP contribution in [0.3, 0.4) is 0 Å². The second kappa shape index (κ2) is 9.03. The number of benzene rings is 1. The monoisotopic (exact) mass is 430 g/mol. The number of hydrogen-bond acceptors (Lipinski definition) is 5. The zero-order chi connectivity index (χ0) is 22.0. The standard InChI is InChI=1S/C20H22F4N2O4/c1-30-20(29)12-9-26(5-6-27)19(28)18(12)25-11-4-2-3-10(7-11)15-16(23)13(21)8-14(22)17(15)24/h2-4,7,13-17,25,27H,5-6,8-9H2,1H3. The molecule has 2 aliphatic rings. The number of β-amino-alcohol motifs (C(OH)–C–C–N with tert-alkyl or cyclic N) is 1. The van der Waals surface area contributed by atoms with E-state index < -0.39 is 48.9 Å². The van der Waals surface area contributed by atoms with E-state index in [1.165, 1.54) is 29.2 Å². The van der Waals surface area contributed by atoms with Crippen LogP contribution in [-0.2, 0) is 14.3 Å². The summed E-state index contributed by atoms with van der Waals surface area (Å²) in [4.78, 5) is 25.8. The normalized spacial score (nSPS) is 29.3. The molecule has 1 fully saturated rings. The lowest BCUT2D eigenvalue weighted by Gasteiger charge is -2.34. The van der Waals surface area contributed by atoms with Crippen LogP contribution in [-0.4, -0.2) is 73.4 Å². The minimum Gasteiger partial charge on any atom is -0.466 e. The molecule has 0 bridgehead atoms. The SMILES string of the molecule is COC(=O)C1=C(Nc2cccc(C3C(F)C(F)CC(F)C3F)c2)C(=O)N(CCO)C1. The molecule has 3 rings (SSSR count). The van der Waals surface area contributed by atoms with Crippen LogP contribution in [0.25, 0.3) is 0 Å². The lowest BCUT2D eigenvalue weighted by molar-refractivity contribution is -0.136. The van der Waals surface area contributed by atoms with Gasteiger partial charge in [0.25, 0.3) is 5.91 Å². The summed E-state index contributed by atoms with van der Waals surface area (Å²) < 4.78 is 60.9. The van der Waals surface area contributed by atoms with Gasteiger partial charge in [0.05, 0.1) is 31.8 Å². The highest BCUT2D eigenvalue weighted by molar-refractivity contribution is 6.08. The van der Waals surface area contributed by atoms with Crippen LogP contribution < -0.4 is 5.32 Å². The number of methoxy groups -OCH3 is 1. The molecule has 1 aliphatic carbocycles. The van der Waals surface area contributed by atoms with Crippen molar-refractivity contribution in [3.8, 4) is 0 Å². The minimum atomic E-state index is -2.21. The molecule has 1 aliphatic heterocycles. The van der Waals surface area contributed by atoms with Gasteiger partial charge in [0.1, 0.15) is 30.4 Å². The Balaban J connectivity index is 1.90. The van der Waals surface area contributed by atoms with Crippen LogP contribution in [0.1, 0.15) is 17.9 Å². The maximum absolute atomic E-state index is 14.3. The number of carbonyl (C=O) groups is 2. The van der Waals surface area contributed by atoms with E-state index in [2.05, 4.69) is 10.1 Å². The Labute approximate surface area is 170 Å². The van der Waals surface area contributed by atoms with Crippen molar-refractivity contribution in [1.82, 2.24) is 4.90 Å². The fourth-order valence-electron chi connectivity index (χ4n) is 3.79. The zero-order valence-electron chi connectivity index (χ0n) is 16.2. The topological polar surface area (TPSA) is 78.9 Å². The summed E-state index contributed by atoms with van der Waals surface area (Å²) in [5, 5.41) is 11.8. The Morgan fingerprint density at radius 2 is 1.90 bits per heavy atom. The van der Waals surface area contributed by atoms with Crippen molar-refractivity contribution in [1.29, 1.82) is 0 Å². The van der Waals surface area contributed by atoms with Crippen LogP contribution in [0.4, 0.5) is 23.2 Å². The van der Waals surface area contributed by atoms with Gasteiger partial charge in [0, 0.05) is 18.7 Å². The average molecular weight is 430 g/mol. The van der Waals surface area contributed by atoms with E-state index in [0.29, 0.717) is 0 Å². The number of nitrogens with zero attached hydrogens (tertiary/aromatic N) is 1. The Bertz CT molecular complexity index is 836. The van der Waals surface area contributed by atoms with Crippen molar-refractivity contribution in [2.24, 2.45) is 0 Å². The lowest BCUT2D eigenvalue weighted by atomic mass is 9.79. The molecule has 0 radical (unpaired) electrons. The first-order valence-electron chi connectivity index (χ1n) is 9.43. The molecule has 164 valence electrons. The average Bonchev–Trinajstić information content (AvgIpc) is 3.02.